The molecule has 0 radical (unpaired) electrons. The second-order valence-corrected chi connectivity index (χ2v) is 4.70. The Hall–Kier alpha value is -2.70. The number of nitrogens with one attached hydrogen (secondary N) is 1. The zero-order chi connectivity index (χ0) is 14.8. The van der Waals surface area contributed by atoms with Gasteiger partial charge in [-0.25, -0.2) is 4.98 Å². The van der Waals surface area contributed by atoms with Gasteiger partial charge in [0.15, 0.2) is 0 Å². The zero-order valence-corrected chi connectivity index (χ0v) is 11.9. The molecule has 0 aliphatic heterocycles. The first-order chi connectivity index (χ1) is 10.2. The van der Waals surface area contributed by atoms with Crippen LogP contribution in [-0.4, -0.2) is 30.5 Å². The van der Waals surface area contributed by atoms with Gasteiger partial charge in [0.2, 0.25) is 5.91 Å². The van der Waals surface area contributed by atoms with Crippen molar-refractivity contribution in [2.24, 2.45) is 0 Å². The molecule has 3 aromatic rings. The monoisotopic (exact) mass is 284 g/mol. The number of hydrogen-bond donors (Lipinski definition) is 1. The van der Waals surface area contributed by atoms with E-state index in [-0.39, 0.29) is 12.5 Å². The van der Waals surface area contributed by atoms with Crippen molar-refractivity contribution in [1.29, 1.82) is 0 Å². The lowest BCUT2D eigenvalue weighted by Crippen LogP contribution is -2.20. The first kappa shape index (κ1) is 13.3. The smallest absolute Gasteiger partial charge is 0.247 e. The number of pyridine rings is 1. The average Bonchev–Trinajstić information content (AvgIpc) is 3.02. The lowest BCUT2D eigenvalue weighted by atomic mass is 10.4. The molecule has 0 spiro atoms. The van der Waals surface area contributed by atoms with Crippen LogP contribution in [0.1, 0.15) is 12.6 Å². The van der Waals surface area contributed by atoms with E-state index in [0.717, 1.165) is 23.3 Å². The Morgan fingerprint density at radius 1 is 1.33 bits per heavy atom. The van der Waals surface area contributed by atoms with E-state index in [1.165, 1.54) is 0 Å². The quantitative estimate of drug-likeness (QED) is 0.789. The molecule has 0 unspecified atom stereocenters. The predicted molar refractivity (Wildman–Crippen MR) is 78.8 cm³/mol. The molecule has 3 rings (SSSR count). The van der Waals surface area contributed by atoms with Gasteiger partial charge in [-0.3, -0.25) is 14.2 Å². The summed E-state index contributed by atoms with van der Waals surface area (Å²) in [6.07, 6.45) is 3.38. The highest BCUT2D eigenvalue weighted by molar-refractivity contribution is 5.90. The highest BCUT2D eigenvalue weighted by Gasteiger charge is 2.14. The van der Waals surface area contributed by atoms with Crippen LogP contribution >= 0.6 is 0 Å². The number of hydrogen-bond acceptors (Lipinski definition) is 4. The maximum Gasteiger partial charge on any atom is 0.247 e. The molecule has 7 heteroatoms. The van der Waals surface area contributed by atoms with Gasteiger partial charge in [-0.15, -0.1) is 0 Å². The Bertz CT molecular complexity index is 773. The van der Waals surface area contributed by atoms with E-state index < -0.39 is 0 Å². The number of carbonyl (C=O) groups excluding carboxylic acids is 1. The fourth-order valence-electron chi connectivity index (χ4n) is 2.33. The van der Waals surface area contributed by atoms with Crippen LogP contribution in [0.3, 0.4) is 0 Å². The van der Waals surface area contributed by atoms with Crippen LogP contribution < -0.4 is 5.32 Å². The van der Waals surface area contributed by atoms with E-state index in [1.54, 1.807) is 29.2 Å². The number of aromatic nitrogens is 5. The van der Waals surface area contributed by atoms with Crippen LogP contribution in [0.5, 0.6) is 0 Å². The zero-order valence-electron chi connectivity index (χ0n) is 11.9. The minimum atomic E-state index is -0.164. The molecule has 3 aromatic heterocycles. The van der Waals surface area contributed by atoms with E-state index in [2.05, 4.69) is 20.5 Å². The fraction of sp³-hybridized carbons (Fsp3) is 0.286. The second kappa shape index (κ2) is 5.35. The van der Waals surface area contributed by atoms with Crippen molar-refractivity contribution in [3.05, 3.63) is 36.3 Å². The standard InChI is InChI=1S/C14H16N6O/c1-3-19-11-8-16-20(14(11)10(2)18-19)9-13(21)17-12-6-4-5-7-15-12/h4-8H,3,9H2,1-2H3,(H,15,17,21). The third kappa shape index (κ3) is 2.49. The van der Waals surface area contributed by atoms with E-state index in [4.69, 9.17) is 0 Å². The Morgan fingerprint density at radius 3 is 2.90 bits per heavy atom. The lowest BCUT2D eigenvalue weighted by molar-refractivity contribution is -0.116. The van der Waals surface area contributed by atoms with E-state index in [9.17, 15) is 4.79 Å². The van der Waals surface area contributed by atoms with Crippen molar-refractivity contribution >= 4 is 22.8 Å². The van der Waals surface area contributed by atoms with Crippen molar-refractivity contribution in [3.63, 3.8) is 0 Å². The number of aryl methyl sites for hydroxylation is 2. The molecule has 0 saturated heterocycles. The van der Waals surface area contributed by atoms with Crippen LogP contribution in [0.2, 0.25) is 0 Å². The summed E-state index contributed by atoms with van der Waals surface area (Å²) in [5.74, 6) is 0.370. The van der Waals surface area contributed by atoms with Gasteiger partial charge in [0, 0.05) is 12.7 Å². The third-order valence-corrected chi connectivity index (χ3v) is 3.24. The number of rotatable bonds is 4. The van der Waals surface area contributed by atoms with Crippen LogP contribution in [-0.2, 0) is 17.9 Å². The second-order valence-electron chi connectivity index (χ2n) is 4.70. The summed E-state index contributed by atoms with van der Waals surface area (Å²) in [5.41, 5.74) is 2.71. The number of amides is 1. The highest BCUT2D eigenvalue weighted by atomic mass is 16.2. The summed E-state index contributed by atoms with van der Waals surface area (Å²) in [6, 6.07) is 5.37. The Balaban J connectivity index is 1.82. The average molecular weight is 284 g/mol. The highest BCUT2D eigenvalue weighted by Crippen LogP contribution is 2.17. The van der Waals surface area contributed by atoms with Crippen LogP contribution in [0.15, 0.2) is 30.6 Å². The maximum absolute atomic E-state index is 12.1. The van der Waals surface area contributed by atoms with Gasteiger partial charge >= 0.3 is 0 Å². The molecule has 1 amide bonds. The Morgan fingerprint density at radius 2 is 2.19 bits per heavy atom. The predicted octanol–water partition coefficient (Wildman–Crippen LogP) is 1.59. The van der Waals surface area contributed by atoms with Gasteiger partial charge in [0.1, 0.15) is 23.4 Å². The summed E-state index contributed by atoms with van der Waals surface area (Å²) in [4.78, 5) is 16.1. The van der Waals surface area contributed by atoms with Gasteiger partial charge < -0.3 is 5.32 Å². The Labute approximate surface area is 121 Å². The number of fused-ring (bicyclic) bond motifs is 1. The molecule has 0 fully saturated rings. The molecular formula is C14H16N6O. The van der Waals surface area contributed by atoms with Crippen LogP contribution in [0.4, 0.5) is 5.82 Å². The Kier molecular flexibility index (Phi) is 3.39. The molecule has 1 N–H and O–H groups in total. The van der Waals surface area contributed by atoms with Crippen molar-refractivity contribution in [2.75, 3.05) is 5.32 Å². The molecule has 0 bridgehead atoms. The van der Waals surface area contributed by atoms with Crippen LogP contribution in [0.25, 0.3) is 11.0 Å². The topological polar surface area (TPSA) is 77.6 Å². The summed E-state index contributed by atoms with van der Waals surface area (Å²) in [7, 11) is 0. The molecule has 0 aliphatic carbocycles. The number of anilines is 1. The van der Waals surface area contributed by atoms with E-state index >= 15 is 0 Å². The van der Waals surface area contributed by atoms with Gasteiger partial charge in [0.25, 0.3) is 0 Å². The SMILES string of the molecule is CCn1nc(C)c2c1cnn2CC(=O)Nc1ccccn1. The number of nitrogens with zero attached hydrogens (tertiary/aromatic N) is 5. The van der Waals surface area contributed by atoms with Crippen molar-refractivity contribution < 1.29 is 4.79 Å². The summed E-state index contributed by atoms with van der Waals surface area (Å²) in [5, 5.41) is 11.5. The molecule has 108 valence electrons. The first-order valence-electron chi connectivity index (χ1n) is 6.79. The largest absolute Gasteiger partial charge is 0.309 e. The molecule has 0 aromatic carbocycles. The summed E-state index contributed by atoms with van der Waals surface area (Å²) >= 11 is 0. The van der Waals surface area contributed by atoms with Gasteiger partial charge in [-0.05, 0) is 26.0 Å². The van der Waals surface area contributed by atoms with Gasteiger partial charge in [-0.1, -0.05) is 6.07 Å². The maximum atomic E-state index is 12.1. The van der Waals surface area contributed by atoms with Crippen LogP contribution in [0, 0.1) is 6.92 Å². The molecule has 0 saturated carbocycles. The van der Waals surface area contributed by atoms with Gasteiger partial charge in [-0.2, -0.15) is 10.2 Å². The minimum absolute atomic E-state index is 0.135. The normalized spacial score (nSPS) is 11.0. The summed E-state index contributed by atoms with van der Waals surface area (Å²) < 4.78 is 3.55. The van der Waals surface area contributed by atoms with Gasteiger partial charge in [0.05, 0.1) is 11.9 Å². The number of carbonyl (C=O) groups is 1. The molecule has 21 heavy (non-hydrogen) atoms. The molecule has 7 nitrogen and oxygen atoms in total. The van der Waals surface area contributed by atoms with E-state index in [1.807, 2.05) is 24.6 Å². The third-order valence-electron chi connectivity index (χ3n) is 3.24. The minimum Gasteiger partial charge on any atom is -0.309 e. The van der Waals surface area contributed by atoms with Crippen molar-refractivity contribution in [1.82, 2.24) is 24.5 Å². The molecule has 0 aliphatic rings. The van der Waals surface area contributed by atoms with Crippen molar-refractivity contribution in [3.8, 4) is 0 Å². The molecule has 0 atom stereocenters. The van der Waals surface area contributed by atoms with E-state index in [0.29, 0.717) is 5.82 Å². The molecule has 3 heterocycles. The fourth-order valence-corrected chi connectivity index (χ4v) is 2.33. The molecular weight excluding hydrogens is 268 g/mol. The van der Waals surface area contributed by atoms with Crippen molar-refractivity contribution in [2.45, 2.75) is 26.9 Å². The first-order valence-corrected chi connectivity index (χ1v) is 6.79. The lowest BCUT2D eigenvalue weighted by Gasteiger charge is -2.04. The summed E-state index contributed by atoms with van der Waals surface area (Å²) in [6.45, 7) is 4.85.